The predicted octanol–water partition coefficient (Wildman–Crippen LogP) is 2.73. The van der Waals surface area contributed by atoms with Crippen LogP contribution in [0.3, 0.4) is 0 Å². The lowest BCUT2D eigenvalue weighted by atomic mass is 10.3. The fourth-order valence-electron chi connectivity index (χ4n) is 1.99. The number of anilines is 1. The average molecular weight is 346 g/mol. The first kappa shape index (κ1) is 18.7. The zero-order valence-corrected chi connectivity index (χ0v) is 14.5. The lowest BCUT2D eigenvalue weighted by Crippen LogP contribution is -2.41. The van der Waals surface area contributed by atoms with Crippen molar-refractivity contribution in [2.45, 2.75) is 13.8 Å². The van der Waals surface area contributed by atoms with Crippen LogP contribution in [0.15, 0.2) is 18.2 Å². The van der Waals surface area contributed by atoms with Gasteiger partial charge in [-0.2, -0.15) is 0 Å². The third kappa shape index (κ3) is 5.83. The summed E-state index contributed by atoms with van der Waals surface area (Å²) in [5.41, 5.74) is 0.461. The summed E-state index contributed by atoms with van der Waals surface area (Å²) >= 11 is 11.9. The third-order valence-corrected chi connectivity index (χ3v) is 3.70. The molecule has 5 nitrogen and oxygen atoms in total. The SMILES string of the molecule is CCN(CC)C(=O)CN(C)CC(=O)Nc1cc(Cl)ccc1Cl. The Morgan fingerprint density at radius 3 is 2.36 bits per heavy atom. The summed E-state index contributed by atoms with van der Waals surface area (Å²) in [7, 11) is 1.72. The van der Waals surface area contributed by atoms with E-state index in [0.717, 1.165) is 0 Å². The van der Waals surface area contributed by atoms with Crippen LogP contribution < -0.4 is 5.32 Å². The molecule has 7 heteroatoms. The van der Waals surface area contributed by atoms with Gasteiger partial charge in [0.25, 0.3) is 0 Å². The van der Waals surface area contributed by atoms with Crippen LogP contribution in [0.5, 0.6) is 0 Å². The maximum atomic E-state index is 12.0. The van der Waals surface area contributed by atoms with Crippen LogP contribution in [0.25, 0.3) is 0 Å². The molecule has 0 aliphatic heterocycles. The molecule has 0 unspecified atom stereocenters. The molecule has 122 valence electrons. The van der Waals surface area contributed by atoms with Crippen molar-refractivity contribution in [2.24, 2.45) is 0 Å². The summed E-state index contributed by atoms with van der Waals surface area (Å²) in [6, 6.07) is 4.85. The number of hydrogen-bond donors (Lipinski definition) is 1. The maximum absolute atomic E-state index is 12.0. The number of nitrogens with zero attached hydrogens (tertiary/aromatic N) is 2. The van der Waals surface area contributed by atoms with E-state index in [0.29, 0.717) is 28.8 Å². The van der Waals surface area contributed by atoms with Crippen molar-refractivity contribution in [3.63, 3.8) is 0 Å². The molecular formula is C15H21Cl2N3O2. The average Bonchev–Trinajstić information content (AvgIpc) is 2.43. The summed E-state index contributed by atoms with van der Waals surface area (Å²) in [6.07, 6.45) is 0. The molecule has 0 spiro atoms. The second kappa shape index (κ2) is 8.98. The van der Waals surface area contributed by atoms with Crippen LogP contribution in [0, 0.1) is 0 Å². The van der Waals surface area contributed by atoms with Crippen molar-refractivity contribution in [3.05, 3.63) is 28.2 Å². The molecule has 0 heterocycles. The van der Waals surface area contributed by atoms with E-state index in [-0.39, 0.29) is 24.9 Å². The molecule has 0 saturated heterocycles. The van der Waals surface area contributed by atoms with E-state index < -0.39 is 0 Å². The Labute approximate surface area is 141 Å². The maximum Gasteiger partial charge on any atom is 0.238 e. The second-order valence-electron chi connectivity index (χ2n) is 4.91. The molecule has 0 saturated carbocycles. The van der Waals surface area contributed by atoms with Gasteiger partial charge in [0.05, 0.1) is 23.8 Å². The molecule has 0 atom stereocenters. The number of nitrogens with one attached hydrogen (secondary N) is 1. The largest absolute Gasteiger partial charge is 0.342 e. The third-order valence-electron chi connectivity index (χ3n) is 3.14. The van der Waals surface area contributed by atoms with Gasteiger partial charge >= 0.3 is 0 Å². The number of benzene rings is 1. The van der Waals surface area contributed by atoms with Gasteiger partial charge in [0.2, 0.25) is 11.8 Å². The van der Waals surface area contributed by atoms with Crippen LogP contribution >= 0.6 is 23.2 Å². The summed E-state index contributed by atoms with van der Waals surface area (Å²) < 4.78 is 0. The molecule has 2 amide bonds. The quantitative estimate of drug-likeness (QED) is 0.826. The van der Waals surface area contributed by atoms with Crippen LogP contribution in [0.2, 0.25) is 10.0 Å². The van der Waals surface area contributed by atoms with E-state index in [9.17, 15) is 9.59 Å². The van der Waals surface area contributed by atoms with E-state index in [4.69, 9.17) is 23.2 Å². The number of amides is 2. The number of carbonyl (C=O) groups is 2. The minimum atomic E-state index is -0.251. The topological polar surface area (TPSA) is 52.7 Å². The lowest BCUT2D eigenvalue weighted by Gasteiger charge is -2.22. The number of rotatable bonds is 7. The molecular weight excluding hydrogens is 325 g/mol. The highest BCUT2D eigenvalue weighted by Gasteiger charge is 2.15. The number of carbonyl (C=O) groups excluding carboxylic acids is 2. The van der Waals surface area contributed by atoms with Crippen molar-refractivity contribution in [3.8, 4) is 0 Å². The Morgan fingerprint density at radius 2 is 1.77 bits per heavy atom. The molecule has 0 aliphatic carbocycles. The predicted molar refractivity (Wildman–Crippen MR) is 90.5 cm³/mol. The molecule has 1 aromatic carbocycles. The molecule has 0 fully saturated rings. The van der Waals surface area contributed by atoms with Gasteiger partial charge in [-0.3, -0.25) is 14.5 Å². The van der Waals surface area contributed by atoms with Crippen molar-refractivity contribution >= 4 is 40.7 Å². The summed E-state index contributed by atoms with van der Waals surface area (Å²) in [6.45, 7) is 5.46. The van der Waals surface area contributed by atoms with Gasteiger partial charge in [-0.1, -0.05) is 23.2 Å². The summed E-state index contributed by atoms with van der Waals surface area (Å²) in [5.74, 6) is -0.250. The van der Waals surface area contributed by atoms with Crippen LogP contribution in [-0.4, -0.2) is 54.8 Å². The van der Waals surface area contributed by atoms with Crippen molar-refractivity contribution in [2.75, 3.05) is 38.5 Å². The Kier molecular flexibility index (Phi) is 7.65. The van der Waals surface area contributed by atoms with E-state index >= 15 is 0 Å². The Balaban J connectivity index is 2.54. The van der Waals surface area contributed by atoms with Crippen molar-refractivity contribution < 1.29 is 9.59 Å². The monoisotopic (exact) mass is 345 g/mol. The molecule has 0 radical (unpaired) electrons. The standard InChI is InChI=1S/C15H21Cl2N3O2/c1-4-20(5-2)15(22)10-19(3)9-14(21)18-13-8-11(16)6-7-12(13)17/h6-8H,4-5,9-10H2,1-3H3,(H,18,21). The molecule has 1 rings (SSSR count). The van der Waals surface area contributed by atoms with Gasteiger partial charge in [-0.05, 0) is 39.1 Å². The first-order valence-corrected chi connectivity index (χ1v) is 7.84. The minimum absolute atomic E-state index is 0.00101. The highest BCUT2D eigenvalue weighted by molar-refractivity contribution is 6.35. The molecule has 0 aromatic heterocycles. The van der Waals surface area contributed by atoms with E-state index in [1.54, 1.807) is 35.0 Å². The van der Waals surface area contributed by atoms with Gasteiger partial charge in [0.1, 0.15) is 0 Å². The van der Waals surface area contributed by atoms with Crippen LogP contribution in [0.1, 0.15) is 13.8 Å². The Hall–Kier alpha value is -1.30. The molecule has 0 bridgehead atoms. The first-order chi connectivity index (χ1) is 10.4. The highest BCUT2D eigenvalue weighted by atomic mass is 35.5. The number of hydrogen-bond acceptors (Lipinski definition) is 3. The Morgan fingerprint density at radius 1 is 1.14 bits per heavy atom. The van der Waals surface area contributed by atoms with E-state index in [1.807, 2.05) is 13.8 Å². The number of halogens is 2. The van der Waals surface area contributed by atoms with Gasteiger partial charge in [-0.25, -0.2) is 0 Å². The van der Waals surface area contributed by atoms with Gasteiger partial charge in [0.15, 0.2) is 0 Å². The Bertz CT molecular complexity index is 534. The fourth-order valence-corrected chi connectivity index (χ4v) is 2.33. The van der Waals surface area contributed by atoms with E-state index in [1.165, 1.54) is 0 Å². The number of likely N-dealkylation sites (N-methyl/N-ethyl adjacent to an activating group) is 2. The summed E-state index contributed by atoms with van der Waals surface area (Å²) in [5, 5.41) is 3.60. The molecule has 1 aromatic rings. The summed E-state index contributed by atoms with van der Waals surface area (Å²) in [4.78, 5) is 27.4. The minimum Gasteiger partial charge on any atom is -0.342 e. The van der Waals surface area contributed by atoms with Crippen LogP contribution in [-0.2, 0) is 9.59 Å². The zero-order valence-electron chi connectivity index (χ0n) is 13.0. The smallest absolute Gasteiger partial charge is 0.238 e. The zero-order chi connectivity index (χ0) is 16.7. The molecule has 1 N–H and O–H groups in total. The van der Waals surface area contributed by atoms with Crippen molar-refractivity contribution in [1.29, 1.82) is 0 Å². The van der Waals surface area contributed by atoms with Gasteiger partial charge in [-0.15, -0.1) is 0 Å². The van der Waals surface area contributed by atoms with Gasteiger partial charge < -0.3 is 10.2 Å². The highest BCUT2D eigenvalue weighted by Crippen LogP contribution is 2.25. The van der Waals surface area contributed by atoms with Crippen molar-refractivity contribution in [1.82, 2.24) is 9.80 Å². The second-order valence-corrected chi connectivity index (χ2v) is 5.75. The molecule has 0 aliphatic rings. The van der Waals surface area contributed by atoms with E-state index in [2.05, 4.69) is 5.32 Å². The molecule has 22 heavy (non-hydrogen) atoms. The normalized spacial score (nSPS) is 10.6. The first-order valence-electron chi connectivity index (χ1n) is 7.08. The lowest BCUT2D eigenvalue weighted by molar-refractivity contribution is -0.132. The van der Waals surface area contributed by atoms with Gasteiger partial charge in [0, 0.05) is 18.1 Å². The fraction of sp³-hybridized carbons (Fsp3) is 0.467. The van der Waals surface area contributed by atoms with Crippen LogP contribution in [0.4, 0.5) is 5.69 Å².